The molecular weight excluding hydrogens is 256 g/mol. The van der Waals surface area contributed by atoms with Crippen LogP contribution in [0.1, 0.15) is 48.8 Å². The summed E-state index contributed by atoms with van der Waals surface area (Å²) in [5, 5.41) is 4.55. The van der Waals surface area contributed by atoms with E-state index in [0.29, 0.717) is 12.0 Å². The lowest BCUT2D eigenvalue weighted by Gasteiger charge is -2.24. The van der Waals surface area contributed by atoms with E-state index in [0.717, 1.165) is 18.1 Å². The van der Waals surface area contributed by atoms with Crippen molar-refractivity contribution in [3.05, 3.63) is 34.3 Å². The lowest BCUT2D eigenvalue weighted by molar-refractivity contribution is 0.410. The zero-order valence-electron chi connectivity index (χ0n) is 11.7. The van der Waals surface area contributed by atoms with Gasteiger partial charge in [0.05, 0.1) is 0 Å². The third-order valence-corrected chi connectivity index (χ3v) is 4.90. The Kier molecular flexibility index (Phi) is 4.11. The summed E-state index contributed by atoms with van der Waals surface area (Å²) in [5.74, 6) is 0.617. The Morgan fingerprint density at radius 2 is 2.16 bits per heavy atom. The van der Waals surface area contributed by atoms with Crippen molar-refractivity contribution in [2.24, 2.45) is 0 Å². The topological polar surface area (TPSA) is 15.3 Å². The van der Waals surface area contributed by atoms with E-state index in [1.807, 2.05) is 0 Å². The summed E-state index contributed by atoms with van der Waals surface area (Å²) in [7, 11) is 2.19. The molecule has 0 spiro atoms. The lowest BCUT2D eigenvalue weighted by atomic mass is 9.93. The maximum atomic E-state index is 6.53. The van der Waals surface area contributed by atoms with Crippen LogP contribution in [0.2, 0.25) is 5.02 Å². The van der Waals surface area contributed by atoms with Crippen LogP contribution < -0.4 is 5.32 Å². The normalized spacial score (nSPS) is 28.7. The van der Waals surface area contributed by atoms with Gasteiger partial charge in [0.1, 0.15) is 0 Å². The molecule has 0 saturated carbocycles. The second kappa shape index (κ2) is 5.82. The molecule has 1 aromatic carbocycles. The van der Waals surface area contributed by atoms with Crippen LogP contribution in [0.25, 0.3) is 0 Å². The molecule has 104 valence electrons. The van der Waals surface area contributed by atoms with Crippen LogP contribution in [0.15, 0.2) is 18.2 Å². The molecule has 0 aliphatic carbocycles. The van der Waals surface area contributed by atoms with E-state index in [1.54, 1.807) is 0 Å². The summed E-state index contributed by atoms with van der Waals surface area (Å²) < 4.78 is 0. The minimum atomic E-state index is 0.506. The van der Waals surface area contributed by atoms with Crippen LogP contribution in [0, 0.1) is 0 Å². The van der Waals surface area contributed by atoms with Gasteiger partial charge < -0.3 is 10.2 Å². The molecule has 0 amide bonds. The average molecular weight is 279 g/mol. The van der Waals surface area contributed by atoms with Gasteiger partial charge in [-0.3, -0.25) is 0 Å². The number of piperidine rings is 1. The first-order valence-electron chi connectivity index (χ1n) is 7.45. The molecule has 3 rings (SSSR count). The number of benzene rings is 1. The standard InChI is InChI=1S/C16H23ClN2/c1-19-9-7-13(11-19)14-6-5-12(10-15(14)17)16-4-2-3-8-18-16/h5-6,10,13,16,18H,2-4,7-9,11H2,1H3. The Bertz CT molecular complexity index is 440. The Labute approximate surface area is 121 Å². The largest absolute Gasteiger partial charge is 0.310 e. The molecule has 2 fully saturated rings. The number of nitrogens with one attached hydrogen (secondary N) is 1. The van der Waals surface area contributed by atoms with E-state index in [9.17, 15) is 0 Å². The van der Waals surface area contributed by atoms with E-state index in [1.165, 1.54) is 43.4 Å². The van der Waals surface area contributed by atoms with Crippen molar-refractivity contribution >= 4 is 11.6 Å². The number of likely N-dealkylation sites (N-methyl/N-ethyl adjacent to an activating group) is 1. The highest BCUT2D eigenvalue weighted by Gasteiger charge is 2.24. The molecule has 2 aliphatic rings. The van der Waals surface area contributed by atoms with Gasteiger partial charge in [0.15, 0.2) is 0 Å². The summed E-state index contributed by atoms with van der Waals surface area (Å²) in [5.41, 5.74) is 2.70. The van der Waals surface area contributed by atoms with Crippen LogP contribution in [0.3, 0.4) is 0 Å². The van der Waals surface area contributed by atoms with Gasteiger partial charge in [0.25, 0.3) is 0 Å². The highest BCUT2D eigenvalue weighted by Crippen LogP contribution is 2.34. The fourth-order valence-corrected chi connectivity index (χ4v) is 3.76. The molecular formula is C16H23ClN2. The van der Waals surface area contributed by atoms with Gasteiger partial charge in [-0.1, -0.05) is 30.2 Å². The SMILES string of the molecule is CN1CCC(c2ccc(C3CCCCN3)cc2Cl)C1. The summed E-state index contributed by atoms with van der Waals surface area (Å²) in [6.45, 7) is 3.46. The van der Waals surface area contributed by atoms with Crippen molar-refractivity contribution < 1.29 is 0 Å². The summed E-state index contributed by atoms with van der Waals surface area (Å²) in [6, 6.07) is 7.24. The second-order valence-electron chi connectivity index (χ2n) is 6.03. The molecule has 0 radical (unpaired) electrons. The zero-order valence-corrected chi connectivity index (χ0v) is 12.4. The van der Waals surface area contributed by atoms with Crippen molar-refractivity contribution in [3.63, 3.8) is 0 Å². The first-order chi connectivity index (χ1) is 9.24. The third-order valence-electron chi connectivity index (χ3n) is 4.57. The Balaban J connectivity index is 1.77. The first kappa shape index (κ1) is 13.4. The predicted molar refractivity (Wildman–Crippen MR) is 80.9 cm³/mol. The fourth-order valence-electron chi connectivity index (χ4n) is 3.42. The van der Waals surface area contributed by atoms with E-state index in [2.05, 4.69) is 35.5 Å². The number of nitrogens with zero attached hydrogens (tertiary/aromatic N) is 1. The highest BCUT2D eigenvalue weighted by molar-refractivity contribution is 6.31. The predicted octanol–water partition coefficient (Wildman–Crippen LogP) is 3.57. The van der Waals surface area contributed by atoms with Gasteiger partial charge in [-0.15, -0.1) is 0 Å². The molecule has 2 saturated heterocycles. The van der Waals surface area contributed by atoms with E-state index < -0.39 is 0 Å². The Hall–Kier alpha value is -0.570. The van der Waals surface area contributed by atoms with E-state index in [4.69, 9.17) is 11.6 Å². The van der Waals surface area contributed by atoms with Crippen LogP contribution in [0.5, 0.6) is 0 Å². The van der Waals surface area contributed by atoms with Crippen LogP contribution in [0.4, 0.5) is 0 Å². The van der Waals surface area contributed by atoms with Crippen molar-refractivity contribution in [1.29, 1.82) is 0 Å². The average Bonchev–Trinajstić information content (AvgIpc) is 2.86. The highest BCUT2D eigenvalue weighted by atomic mass is 35.5. The van der Waals surface area contributed by atoms with Crippen molar-refractivity contribution in [1.82, 2.24) is 10.2 Å². The second-order valence-corrected chi connectivity index (χ2v) is 6.44. The molecule has 3 heteroatoms. The maximum absolute atomic E-state index is 6.53. The van der Waals surface area contributed by atoms with Gasteiger partial charge in [-0.05, 0) is 62.5 Å². The molecule has 2 aliphatic heterocycles. The lowest BCUT2D eigenvalue weighted by Crippen LogP contribution is -2.26. The van der Waals surface area contributed by atoms with Gasteiger partial charge in [-0.2, -0.15) is 0 Å². The number of hydrogen-bond acceptors (Lipinski definition) is 2. The van der Waals surface area contributed by atoms with E-state index in [-0.39, 0.29) is 0 Å². The van der Waals surface area contributed by atoms with Crippen LogP contribution >= 0.6 is 11.6 Å². The monoisotopic (exact) mass is 278 g/mol. The molecule has 2 unspecified atom stereocenters. The van der Waals surface area contributed by atoms with Crippen molar-refractivity contribution in [2.75, 3.05) is 26.7 Å². The number of rotatable bonds is 2. The maximum Gasteiger partial charge on any atom is 0.0444 e. The molecule has 1 aromatic rings. The van der Waals surface area contributed by atoms with Gasteiger partial charge in [-0.25, -0.2) is 0 Å². The molecule has 2 atom stereocenters. The van der Waals surface area contributed by atoms with Crippen LogP contribution in [-0.2, 0) is 0 Å². The molecule has 0 bridgehead atoms. The quantitative estimate of drug-likeness (QED) is 0.890. The Morgan fingerprint density at radius 3 is 2.79 bits per heavy atom. The fraction of sp³-hybridized carbons (Fsp3) is 0.625. The van der Waals surface area contributed by atoms with Crippen molar-refractivity contribution in [2.45, 2.75) is 37.6 Å². The van der Waals surface area contributed by atoms with E-state index >= 15 is 0 Å². The van der Waals surface area contributed by atoms with Gasteiger partial charge in [0, 0.05) is 17.6 Å². The number of hydrogen-bond donors (Lipinski definition) is 1. The summed E-state index contributed by atoms with van der Waals surface area (Å²) in [6.07, 6.45) is 5.10. The van der Waals surface area contributed by atoms with Gasteiger partial charge in [0.2, 0.25) is 0 Å². The number of halogens is 1. The number of likely N-dealkylation sites (tertiary alicyclic amines) is 1. The third kappa shape index (κ3) is 2.96. The van der Waals surface area contributed by atoms with Crippen LogP contribution in [-0.4, -0.2) is 31.6 Å². The molecule has 2 heterocycles. The van der Waals surface area contributed by atoms with Gasteiger partial charge >= 0.3 is 0 Å². The Morgan fingerprint density at radius 1 is 1.26 bits per heavy atom. The first-order valence-corrected chi connectivity index (χ1v) is 7.83. The van der Waals surface area contributed by atoms with Crippen molar-refractivity contribution in [3.8, 4) is 0 Å². The molecule has 0 aromatic heterocycles. The zero-order chi connectivity index (χ0) is 13.2. The summed E-state index contributed by atoms with van der Waals surface area (Å²) >= 11 is 6.53. The minimum absolute atomic E-state index is 0.506. The minimum Gasteiger partial charge on any atom is -0.310 e. The molecule has 2 nitrogen and oxygen atoms in total. The summed E-state index contributed by atoms with van der Waals surface area (Å²) in [4.78, 5) is 2.39. The molecule has 19 heavy (non-hydrogen) atoms. The molecule has 1 N–H and O–H groups in total. The smallest absolute Gasteiger partial charge is 0.0444 e.